The van der Waals surface area contributed by atoms with Crippen LogP contribution in [0.25, 0.3) is 5.65 Å². The van der Waals surface area contributed by atoms with Gasteiger partial charge in [-0.1, -0.05) is 6.07 Å². The van der Waals surface area contributed by atoms with Crippen LogP contribution in [-0.2, 0) is 18.7 Å². The summed E-state index contributed by atoms with van der Waals surface area (Å²) in [4.78, 5) is 33.9. The Morgan fingerprint density at radius 1 is 1.00 bits per heavy atom. The van der Waals surface area contributed by atoms with Crippen molar-refractivity contribution in [1.82, 2.24) is 24.1 Å². The summed E-state index contributed by atoms with van der Waals surface area (Å²) in [5.41, 5.74) is 2.77. The lowest BCUT2D eigenvalue weighted by molar-refractivity contribution is 0.242. The van der Waals surface area contributed by atoms with Crippen LogP contribution in [0.1, 0.15) is 11.3 Å². The van der Waals surface area contributed by atoms with E-state index in [4.69, 9.17) is 0 Å². The lowest BCUT2D eigenvalue weighted by Crippen LogP contribution is -2.48. The van der Waals surface area contributed by atoms with Crippen LogP contribution in [0.15, 0.2) is 46.1 Å². The third-order valence-electron chi connectivity index (χ3n) is 5.79. The molecule has 2 aliphatic heterocycles. The summed E-state index contributed by atoms with van der Waals surface area (Å²) in [6, 6.07) is 8.94. The normalized spacial score (nSPS) is 17.3. The summed E-state index contributed by atoms with van der Waals surface area (Å²) in [5.74, 6) is 2.70. The average Bonchev–Trinajstić information content (AvgIpc) is 2.78. The lowest BCUT2D eigenvalue weighted by Gasteiger charge is -2.35. The molecule has 0 aromatic carbocycles. The van der Waals surface area contributed by atoms with Gasteiger partial charge in [0.1, 0.15) is 11.5 Å². The zero-order valence-corrected chi connectivity index (χ0v) is 17.6. The second-order valence-corrected chi connectivity index (χ2v) is 8.80. The zero-order valence-electron chi connectivity index (χ0n) is 16.7. The molecule has 0 atom stereocenters. The number of anilines is 1. The van der Waals surface area contributed by atoms with Crippen LogP contribution in [0.3, 0.4) is 0 Å². The van der Waals surface area contributed by atoms with Gasteiger partial charge in [-0.05, 0) is 23.4 Å². The fraction of sp³-hybridized carbons (Fsp3) is 0.429. The van der Waals surface area contributed by atoms with Gasteiger partial charge in [0.2, 0.25) is 0 Å². The van der Waals surface area contributed by atoms with E-state index in [2.05, 4.69) is 19.9 Å². The number of aryl methyl sites for hydroxylation is 1. The Morgan fingerprint density at radius 3 is 2.73 bits per heavy atom. The van der Waals surface area contributed by atoms with Gasteiger partial charge < -0.3 is 4.90 Å². The molecule has 1 fully saturated rings. The predicted molar refractivity (Wildman–Crippen MR) is 118 cm³/mol. The van der Waals surface area contributed by atoms with Crippen molar-refractivity contribution in [2.45, 2.75) is 18.7 Å². The molecule has 1 saturated heterocycles. The molecule has 8 nitrogen and oxygen atoms in total. The summed E-state index contributed by atoms with van der Waals surface area (Å²) in [7, 11) is 0. The number of aromatic nitrogens is 4. The summed E-state index contributed by atoms with van der Waals surface area (Å²) in [5, 5.41) is 4.61. The largest absolute Gasteiger partial charge is 0.354 e. The molecule has 5 rings (SSSR count). The fourth-order valence-corrected chi connectivity index (χ4v) is 5.00. The molecule has 3 aromatic heterocycles. The van der Waals surface area contributed by atoms with Gasteiger partial charge in [-0.25, -0.2) is 9.67 Å². The molecule has 0 saturated carbocycles. The standard InChI is InChI=1S/C21H24N6O2S/c28-20-14-19(22-18-3-1-2-5-26(18)20)25-9-6-24(7-10-25)8-11-27-21(29)13-16-15-30-12-4-17(16)23-27/h1-3,5,13-14H,4,6-12,15H2. The highest BCUT2D eigenvalue weighted by Gasteiger charge is 2.20. The molecule has 0 radical (unpaired) electrons. The number of pyridine rings is 1. The minimum absolute atomic E-state index is 0.00396. The van der Waals surface area contributed by atoms with E-state index in [1.165, 1.54) is 0 Å². The number of nitrogens with zero attached hydrogens (tertiary/aromatic N) is 6. The highest BCUT2D eigenvalue weighted by Crippen LogP contribution is 2.21. The molecule has 3 aromatic rings. The first kappa shape index (κ1) is 19.3. The molecule has 0 bridgehead atoms. The van der Waals surface area contributed by atoms with Gasteiger partial charge in [-0.2, -0.15) is 16.9 Å². The van der Waals surface area contributed by atoms with Crippen LogP contribution in [0.5, 0.6) is 0 Å². The lowest BCUT2D eigenvalue weighted by atomic mass is 10.2. The number of rotatable bonds is 4. The maximum atomic E-state index is 12.4. The number of piperazine rings is 1. The van der Waals surface area contributed by atoms with E-state index >= 15 is 0 Å². The smallest absolute Gasteiger partial charge is 0.267 e. The molecular weight excluding hydrogens is 400 g/mol. The first-order valence-corrected chi connectivity index (χ1v) is 11.5. The van der Waals surface area contributed by atoms with Crippen molar-refractivity contribution in [3.63, 3.8) is 0 Å². The molecule has 0 unspecified atom stereocenters. The molecule has 2 aliphatic rings. The Hall–Kier alpha value is -2.65. The quantitative estimate of drug-likeness (QED) is 0.615. The Balaban J connectivity index is 1.22. The number of hydrogen-bond acceptors (Lipinski definition) is 7. The molecule has 5 heterocycles. The third kappa shape index (κ3) is 3.87. The summed E-state index contributed by atoms with van der Waals surface area (Å²) < 4.78 is 3.18. The van der Waals surface area contributed by atoms with E-state index in [-0.39, 0.29) is 11.1 Å². The van der Waals surface area contributed by atoms with Crippen molar-refractivity contribution in [3.8, 4) is 0 Å². The van der Waals surface area contributed by atoms with Crippen LogP contribution in [0, 0.1) is 0 Å². The number of hydrogen-bond donors (Lipinski definition) is 0. The van der Waals surface area contributed by atoms with Gasteiger partial charge in [0.25, 0.3) is 11.1 Å². The molecule has 0 N–H and O–H groups in total. The molecule has 0 spiro atoms. The van der Waals surface area contributed by atoms with Crippen molar-refractivity contribution in [2.24, 2.45) is 0 Å². The number of thioether (sulfide) groups is 1. The van der Waals surface area contributed by atoms with Gasteiger partial charge >= 0.3 is 0 Å². The van der Waals surface area contributed by atoms with Crippen LogP contribution in [-0.4, -0.2) is 62.5 Å². The second-order valence-electron chi connectivity index (χ2n) is 7.69. The van der Waals surface area contributed by atoms with E-state index < -0.39 is 0 Å². The monoisotopic (exact) mass is 424 g/mol. The minimum atomic E-state index is -0.0608. The highest BCUT2D eigenvalue weighted by atomic mass is 32.2. The molecule has 0 aliphatic carbocycles. The average molecular weight is 425 g/mol. The van der Waals surface area contributed by atoms with E-state index in [9.17, 15) is 9.59 Å². The van der Waals surface area contributed by atoms with E-state index in [1.54, 1.807) is 27.4 Å². The second kappa shape index (κ2) is 8.23. The Morgan fingerprint density at radius 2 is 1.87 bits per heavy atom. The van der Waals surface area contributed by atoms with E-state index in [1.807, 2.05) is 30.0 Å². The molecule has 0 amide bonds. The third-order valence-corrected chi connectivity index (χ3v) is 6.79. The first-order valence-electron chi connectivity index (χ1n) is 10.3. The molecule has 30 heavy (non-hydrogen) atoms. The van der Waals surface area contributed by atoms with Gasteiger partial charge in [-0.15, -0.1) is 0 Å². The van der Waals surface area contributed by atoms with Gasteiger partial charge in [0.05, 0.1) is 12.2 Å². The van der Waals surface area contributed by atoms with Crippen molar-refractivity contribution in [1.29, 1.82) is 0 Å². The van der Waals surface area contributed by atoms with E-state index in [0.29, 0.717) is 12.2 Å². The highest BCUT2D eigenvalue weighted by molar-refractivity contribution is 7.98. The van der Waals surface area contributed by atoms with Crippen molar-refractivity contribution < 1.29 is 0 Å². The topological polar surface area (TPSA) is 75.7 Å². The minimum Gasteiger partial charge on any atom is -0.354 e. The summed E-state index contributed by atoms with van der Waals surface area (Å²) in [6.45, 7) is 4.74. The molecule has 156 valence electrons. The maximum absolute atomic E-state index is 12.4. The Bertz CT molecular complexity index is 1180. The van der Waals surface area contributed by atoms with Gasteiger partial charge in [0, 0.05) is 63.2 Å². The van der Waals surface area contributed by atoms with Crippen LogP contribution in [0.4, 0.5) is 5.82 Å². The van der Waals surface area contributed by atoms with Crippen molar-refractivity contribution in [2.75, 3.05) is 43.4 Å². The van der Waals surface area contributed by atoms with Gasteiger partial charge in [-0.3, -0.25) is 18.9 Å². The predicted octanol–water partition coefficient (Wildman–Crippen LogP) is 0.863. The molecular formula is C21H24N6O2S. The summed E-state index contributed by atoms with van der Waals surface area (Å²) >= 11 is 1.86. The van der Waals surface area contributed by atoms with Crippen LogP contribution < -0.4 is 16.0 Å². The van der Waals surface area contributed by atoms with Crippen LogP contribution in [0.2, 0.25) is 0 Å². The fourth-order valence-electron chi connectivity index (χ4n) is 4.05. The van der Waals surface area contributed by atoms with Gasteiger partial charge in [0.15, 0.2) is 0 Å². The van der Waals surface area contributed by atoms with Crippen molar-refractivity contribution >= 4 is 23.2 Å². The SMILES string of the molecule is O=c1cc2c(nn1CCN1CCN(c3cc(=O)n4ccccc4n3)CC1)CCSC2. The molecule has 9 heteroatoms. The summed E-state index contributed by atoms with van der Waals surface area (Å²) in [6.07, 6.45) is 2.68. The Kier molecular flexibility index (Phi) is 5.30. The zero-order chi connectivity index (χ0) is 20.5. The Labute approximate surface area is 178 Å². The van der Waals surface area contributed by atoms with E-state index in [0.717, 1.165) is 67.7 Å². The van der Waals surface area contributed by atoms with Crippen molar-refractivity contribution in [3.05, 3.63) is 68.5 Å². The van der Waals surface area contributed by atoms with Crippen LogP contribution >= 0.6 is 11.8 Å². The number of fused-ring (bicyclic) bond motifs is 2. The first-order chi connectivity index (χ1) is 14.7. The maximum Gasteiger partial charge on any atom is 0.267 e.